The minimum atomic E-state index is -0.655. The van der Waals surface area contributed by atoms with Gasteiger partial charge in [-0.3, -0.25) is 0 Å². The largest absolute Gasteiger partial charge is 0.350 e. The van der Waals surface area contributed by atoms with E-state index in [0.717, 1.165) is 12.0 Å². The fourth-order valence-corrected chi connectivity index (χ4v) is 1.52. The van der Waals surface area contributed by atoms with Gasteiger partial charge in [-0.15, -0.1) is 0 Å². The van der Waals surface area contributed by atoms with Gasteiger partial charge in [0.1, 0.15) is 0 Å². The first-order chi connectivity index (χ1) is 8.22. The molecule has 0 unspecified atom stereocenters. The van der Waals surface area contributed by atoms with E-state index in [1.165, 1.54) is 24.8 Å². The molecule has 0 aromatic heterocycles. The summed E-state index contributed by atoms with van der Waals surface area (Å²) in [6, 6.07) is 7.47. The van der Waals surface area contributed by atoms with Crippen LogP contribution in [0, 0.1) is 0 Å². The first kappa shape index (κ1) is 13.2. The molecule has 0 bridgehead atoms. The molecule has 0 aliphatic rings. The SMILES string of the molecule is CCCCCc1ccc(C=NNC(N)=O)cc1. The van der Waals surface area contributed by atoms with Crippen molar-refractivity contribution in [1.82, 2.24) is 5.43 Å². The topological polar surface area (TPSA) is 67.5 Å². The number of carbonyl (C=O) groups is 1. The van der Waals surface area contributed by atoms with Crippen molar-refractivity contribution in [2.75, 3.05) is 0 Å². The molecule has 92 valence electrons. The molecule has 2 amide bonds. The fraction of sp³-hybridized carbons (Fsp3) is 0.385. The van der Waals surface area contributed by atoms with Crippen LogP contribution in [0.3, 0.4) is 0 Å². The molecule has 1 aromatic rings. The minimum Gasteiger partial charge on any atom is -0.350 e. The number of amides is 2. The van der Waals surface area contributed by atoms with Gasteiger partial charge in [0.2, 0.25) is 0 Å². The van der Waals surface area contributed by atoms with Crippen LogP contribution in [0.15, 0.2) is 29.4 Å². The van der Waals surface area contributed by atoms with Crippen LogP contribution in [0.25, 0.3) is 0 Å². The maximum absolute atomic E-state index is 10.4. The summed E-state index contributed by atoms with van der Waals surface area (Å²) in [5.41, 5.74) is 9.32. The highest BCUT2D eigenvalue weighted by atomic mass is 16.2. The summed E-state index contributed by atoms with van der Waals surface area (Å²) in [7, 11) is 0. The van der Waals surface area contributed by atoms with Crippen molar-refractivity contribution in [3.8, 4) is 0 Å². The quantitative estimate of drug-likeness (QED) is 0.442. The molecule has 1 aromatic carbocycles. The number of hydrogen-bond donors (Lipinski definition) is 2. The summed E-state index contributed by atoms with van der Waals surface area (Å²) in [5, 5.41) is 3.70. The smallest absolute Gasteiger partial charge is 0.332 e. The van der Waals surface area contributed by atoms with Crippen LogP contribution >= 0.6 is 0 Å². The summed E-state index contributed by atoms with van der Waals surface area (Å²) in [6.45, 7) is 2.20. The Balaban J connectivity index is 2.44. The molecule has 0 spiro atoms. The highest BCUT2D eigenvalue weighted by Crippen LogP contribution is 2.07. The number of nitrogens with one attached hydrogen (secondary N) is 1. The minimum absolute atomic E-state index is 0.655. The standard InChI is InChI=1S/C13H19N3O/c1-2-3-4-5-11-6-8-12(9-7-11)10-15-16-13(14)17/h6-10H,2-5H2,1H3,(H3,14,16,17). The van der Waals surface area contributed by atoms with Crippen molar-refractivity contribution < 1.29 is 4.79 Å². The molecule has 1 rings (SSSR count). The van der Waals surface area contributed by atoms with Crippen LogP contribution in [-0.2, 0) is 6.42 Å². The summed E-state index contributed by atoms with van der Waals surface area (Å²) in [4.78, 5) is 10.4. The highest BCUT2D eigenvalue weighted by molar-refractivity contribution is 5.81. The van der Waals surface area contributed by atoms with Crippen LogP contribution in [0.4, 0.5) is 4.79 Å². The van der Waals surface area contributed by atoms with E-state index >= 15 is 0 Å². The van der Waals surface area contributed by atoms with E-state index in [1.807, 2.05) is 12.1 Å². The number of unbranched alkanes of at least 4 members (excludes halogenated alkanes) is 2. The molecule has 0 radical (unpaired) electrons. The van der Waals surface area contributed by atoms with Gasteiger partial charge in [0.05, 0.1) is 6.21 Å². The van der Waals surface area contributed by atoms with Crippen LogP contribution in [0.2, 0.25) is 0 Å². The van der Waals surface area contributed by atoms with E-state index in [9.17, 15) is 4.79 Å². The van der Waals surface area contributed by atoms with Crippen molar-refractivity contribution in [1.29, 1.82) is 0 Å². The Bertz CT molecular complexity index is 371. The van der Waals surface area contributed by atoms with Gasteiger partial charge in [0, 0.05) is 0 Å². The Morgan fingerprint density at radius 2 is 2.06 bits per heavy atom. The molecular formula is C13H19N3O. The molecule has 0 aliphatic heterocycles. The van der Waals surface area contributed by atoms with E-state index in [2.05, 4.69) is 29.6 Å². The van der Waals surface area contributed by atoms with E-state index in [0.29, 0.717) is 0 Å². The van der Waals surface area contributed by atoms with E-state index in [4.69, 9.17) is 5.73 Å². The third kappa shape index (κ3) is 5.70. The summed E-state index contributed by atoms with van der Waals surface area (Å²) in [5.74, 6) is 0. The average Bonchev–Trinajstić information content (AvgIpc) is 2.31. The molecule has 0 fully saturated rings. The van der Waals surface area contributed by atoms with Gasteiger partial charge in [0.15, 0.2) is 0 Å². The van der Waals surface area contributed by atoms with Gasteiger partial charge in [-0.2, -0.15) is 5.10 Å². The molecule has 3 N–H and O–H groups in total. The molecule has 4 heteroatoms. The summed E-state index contributed by atoms with van der Waals surface area (Å²) in [6.07, 6.45) is 6.42. The molecule has 4 nitrogen and oxygen atoms in total. The molecule has 0 atom stereocenters. The lowest BCUT2D eigenvalue weighted by Gasteiger charge is -2.01. The maximum Gasteiger partial charge on any atom is 0.332 e. The van der Waals surface area contributed by atoms with Crippen LogP contribution in [-0.4, -0.2) is 12.2 Å². The molecule has 0 saturated heterocycles. The summed E-state index contributed by atoms with van der Waals surface area (Å²) < 4.78 is 0. The van der Waals surface area contributed by atoms with Crippen LogP contribution in [0.1, 0.15) is 37.3 Å². The number of hydrogen-bond acceptors (Lipinski definition) is 2. The zero-order valence-corrected chi connectivity index (χ0v) is 10.1. The maximum atomic E-state index is 10.4. The van der Waals surface area contributed by atoms with Gasteiger partial charge in [0.25, 0.3) is 0 Å². The Morgan fingerprint density at radius 3 is 2.65 bits per heavy atom. The Labute approximate surface area is 102 Å². The van der Waals surface area contributed by atoms with Gasteiger partial charge in [-0.25, -0.2) is 10.2 Å². The molecule has 0 heterocycles. The molecule has 0 aliphatic carbocycles. The average molecular weight is 233 g/mol. The second kappa shape index (κ2) is 7.44. The Kier molecular flexibility index (Phi) is 5.79. The van der Waals surface area contributed by atoms with Crippen molar-refractivity contribution in [3.05, 3.63) is 35.4 Å². The zero-order valence-electron chi connectivity index (χ0n) is 10.1. The number of rotatable bonds is 6. The zero-order chi connectivity index (χ0) is 12.5. The number of aryl methyl sites for hydroxylation is 1. The second-order valence-electron chi connectivity index (χ2n) is 3.93. The highest BCUT2D eigenvalue weighted by Gasteiger charge is 1.93. The number of carbonyl (C=O) groups excluding carboxylic acids is 1. The number of hydrazone groups is 1. The fourth-order valence-electron chi connectivity index (χ4n) is 1.52. The summed E-state index contributed by atoms with van der Waals surface area (Å²) >= 11 is 0. The number of benzene rings is 1. The monoisotopic (exact) mass is 233 g/mol. The van der Waals surface area contributed by atoms with Gasteiger partial charge >= 0.3 is 6.03 Å². The number of nitrogens with zero attached hydrogens (tertiary/aromatic N) is 1. The van der Waals surface area contributed by atoms with Crippen molar-refractivity contribution in [3.63, 3.8) is 0 Å². The predicted octanol–water partition coefficient (Wildman–Crippen LogP) is 2.42. The molecule has 17 heavy (non-hydrogen) atoms. The second-order valence-corrected chi connectivity index (χ2v) is 3.93. The lowest BCUT2D eigenvalue weighted by Crippen LogP contribution is -2.24. The van der Waals surface area contributed by atoms with Gasteiger partial charge in [-0.1, -0.05) is 44.0 Å². The molecular weight excluding hydrogens is 214 g/mol. The van der Waals surface area contributed by atoms with Crippen molar-refractivity contribution >= 4 is 12.2 Å². The van der Waals surface area contributed by atoms with E-state index in [1.54, 1.807) is 6.21 Å². The van der Waals surface area contributed by atoms with E-state index < -0.39 is 6.03 Å². The van der Waals surface area contributed by atoms with Gasteiger partial charge in [-0.05, 0) is 24.0 Å². The Morgan fingerprint density at radius 1 is 1.35 bits per heavy atom. The molecule has 0 saturated carbocycles. The lowest BCUT2D eigenvalue weighted by atomic mass is 10.1. The van der Waals surface area contributed by atoms with Crippen LogP contribution < -0.4 is 11.2 Å². The van der Waals surface area contributed by atoms with Crippen molar-refractivity contribution in [2.45, 2.75) is 32.6 Å². The predicted molar refractivity (Wildman–Crippen MR) is 70.0 cm³/mol. The van der Waals surface area contributed by atoms with Gasteiger partial charge < -0.3 is 5.73 Å². The first-order valence-corrected chi connectivity index (χ1v) is 5.90. The third-order valence-corrected chi connectivity index (χ3v) is 2.44. The first-order valence-electron chi connectivity index (χ1n) is 5.90. The Hall–Kier alpha value is -1.84. The number of urea groups is 1. The normalized spacial score (nSPS) is 10.6. The van der Waals surface area contributed by atoms with E-state index in [-0.39, 0.29) is 0 Å². The number of nitrogens with two attached hydrogens (primary N) is 1. The van der Waals surface area contributed by atoms with Crippen LogP contribution in [0.5, 0.6) is 0 Å². The van der Waals surface area contributed by atoms with Crippen molar-refractivity contribution in [2.24, 2.45) is 10.8 Å². The lowest BCUT2D eigenvalue weighted by molar-refractivity contribution is 0.249. The number of primary amides is 1. The third-order valence-electron chi connectivity index (χ3n) is 2.44.